The molecule has 0 aliphatic carbocycles. The van der Waals surface area contributed by atoms with E-state index >= 15 is 0 Å². The van der Waals surface area contributed by atoms with E-state index in [1.807, 2.05) is 80.6 Å². The zero-order valence-electron chi connectivity index (χ0n) is 21.1. The third kappa shape index (κ3) is 6.24. The summed E-state index contributed by atoms with van der Waals surface area (Å²) in [4.78, 5) is 1.56. The number of nitriles is 2. The molecule has 2 unspecified atom stereocenters. The number of halogens is 1. The average Bonchev–Trinajstić information content (AvgIpc) is 3.46. The fourth-order valence-electron chi connectivity index (χ4n) is 4.61. The van der Waals surface area contributed by atoms with Crippen LogP contribution in [0.25, 0.3) is 5.69 Å². The molecule has 0 radical (unpaired) electrons. The highest BCUT2D eigenvalue weighted by molar-refractivity contribution is 6.30. The van der Waals surface area contributed by atoms with Crippen LogP contribution in [0.15, 0.2) is 85.2 Å². The van der Waals surface area contributed by atoms with E-state index in [1.165, 1.54) is 0 Å². The van der Waals surface area contributed by atoms with Crippen molar-refractivity contribution in [1.82, 2.24) is 20.3 Å². The van der Waals surface area contributed by atoms with Crippen molar-refractivity contribution >= 4 is 11.6 Å². The van der Waals surface area contributed by atoms with Gasteiger partial charge in [0.2, 0.25) is 0 Å². The minimum absolute atomic E-state index is 0.0188. The normalized spacial score (nSPS) is 13.8. The lowest BCUT2D eigenvalue weighted by Crippen LogP contribution is -2.42. The Hall–Kier alpha value is -3.97. The highest BCUT2D eigenvalue weighted by atomic mass is 35.5. The van der Waals surface area contributed by atoms with Gasteiger partial charge in [0.1, 0.15) is 0 Å². The molecule has 0 bridgehead atoms. The van der Waals surface area contributed by atoms with E-state index in [4.69, 9.17) is 11.6 Å². The van der Waals surface area contributed by atoms with E-state index in [0.29, 0.717) is 10.6 Å². The SMILES string of the molecule is CC(N[C@@H](c1ccc(-n2nccn2)cc1)C(C)(C)C#N)C(Cc1ccc(Cl)cc1)c1cccc(C#N)c1. The van der Waals surface area contributed by atoms with Gasteiger partial charge in [0.25, 0.3) is 0 Å². The molecular formula is C30H29ClN6. The number of hydrogen-bond donors (Lipinski definition) is 1. The van der Waals surface area contributed by atoms with Crippen molar-refractivity contribution < 1.29 is 0 Å². The zero-order valence-corrected chi connectivity index (χ0v) is 21.9. The highest BCUT2D eigenvalue weighted by Crippen LogP contribution is 2.36. The highest BCUT2D eigenvalue weighted by Gasteiger charge is 2.34. The third-order valence-corrected chi connectivity index (χ3v) is 6.98. The van der Waals surface area contributed by atoms with Crippen LogP contribution < -0.4 is 5.32 Å². The van der Waals surface area contributed by atoms with Crippen LogP contribution in [0.4, 0.5) is 0 Å². The summed E-state index contributed by atoms with van der Waals surface area (Å²) in [5.74, 6) is 0.0546. The predicted octanol–water partition coefficient (Wildman–Crippen LogP) is 6.39. The Morgan fingerprint density at radius 2 is 1.62 bits per heavy atom. The van der Waals surface area contributed by atoms with Gasteiger partial charge in [-0.25, -0.2) is 0 Å². The van der Waals surface area contributed by atoms with Gasteiger partial charge < -0.3 is 5.32 Å². The van der Waals surface area contributed by atoms with Crippen molar-refractivity contribution in [1.29, 1.82) is 10.5 Å². The first kappa shape index (κ1) is 26.1. The molecule has 0 saturated carbocycles. The Morgan fingerprint density at radius 1 is 0.946 bits per heavy atom. The van der Waals surface area contributed by atoms with Crippen LogP contribution in [0.2, 0.25) is 5.02 Å². The molecule has 0 fully saturated rings. The van der Waals surface area contributed by atoms with Crippen LogP contribution in [-0.4, -0.2) is 21.0 Å². The molecule has 0 spiro atoms. The minimum atomic E-state index is -0.681. The summed E-state index contributed by atoms with van der Waals surface area (Å²) in [6.45, 7) is 6.04. The molecule has 4 rings (SSSR count). The second kappa shape index (κ2) is 11.4. The molecule has 1 N–H and O–H groups in total. The van der Waals surface area contributed by atoms with Gasteiger partial charge in [0.15, 0.2) is 0 Å². The lowest BCUT2D eigenvalue weighted by Gasteiger charge is -2.36. The van der Waals surface area contributed by atoms with E-state index in [9.17, 15) is 10.5 Å². The quantitative estimate of drug-likeness (QED) is 0.283. The molecule has 0 saturated heterocycles. The standard InChI is InChI=1S/C30H29ClN6/c1-21(28(18-22-7-11-26(31)12-8-22)25-6-4-5-23(17-25)19-32)36-29(30(2,3)20-33)24-9-13-27(14-10-24)37-34-15-16-35-37/h4-17,21,28-29,36H,18H2,1-3H3/t21?,28?,29-/m0/s1. The van der Waals surface area contributed by atoms with Crippen LogP contribution in [0.1, 0.15) is 55.0 Å². The van der Waals surface area contributed by atoms with Gasteiger partial charge in [0.05, 0.1) is 47.2 Å². The van der Waals surface area contributed by atoms with Crippen LogP contribution >= 0.6 is 11.6 Å². The van der Waals surface area contributed by atoms with E-state index in [-0.39, 0.29) is 18.0 Å². The summed E-state index contributed by atoms with van der Waals surface area (Å²) in [6.07, 6.45) is 4.03. The zero-order chi connectivity index (χ0) is 26.4. The number of aromatic nitrogens is 3. The number of nitrogens with one attached hydrogen (secondary N) is 1. The summed E-state index contributed by atoms with van der Waals surface area (Å²) in [6, 6.07) is 28.1. The Balaban J connectivity index is 1.67. The summed E-state index contributed by atoms with van der Waals surface area (Å²) >= 11 is 6.13. The van der Waals surface area contributed by atoms with Crippen molar-refractivity contribution in [2.45, 2.75) is 45.2 Å². The third-order valence-electron chi connectivity index (χ3n) is 6.73. The maximum Gasteiger partial charge on any atom is 0.0991 e. The first-order valence-electron chi connectivity index (χ1n) is 12.2. The lowest BCUT2D eigenvalue weighted by molar-refractivity contribution is 0.281. The molecule has 6 nitrogen and oxygen atoms in total. The van der Waals surface area contributed by atoms with Crippen molar-refractivity contribution in [2.75, 3.05) is 0 Å². The summed E-state index contributed by atoms with van der Waals surface area (Å²) in [5.41, 5.74) is 4.02. The van der Waals surface area contributed by atoms with Crippen LogP contribution in [0.5, 0.6) is 0 Å². The first-order valence-corrected chi connectivity index (χ1v) is 12.6. The molecule has 0 aliphatic rings. The average molecular weight is 509 g/mol. The molecule has 0 aliphatic heterocycles. The van der Waals surface area contributed by atoms with Crippen LogP contribution in [-0.2, 0) is 6.42 Å². The van der Waals surface area contributed by atoms with Gasteiger partial charge in [-0.05, 0) is 80.3 Å². The van der Waals surface area contributed by atoms with Gasteiger partial charge in [-0.3, -0.25) is 0 Å². The molecular weight excluding hydrogens is 480 g/mol. The van der Waals surface area contributed by atoms with E-state index < -0.39 is 5.41 Å². The number of nitrogens with zero attached hydrogens (tertiary/aromatic N) is 5. The van der Waals surface area contributed by atoms with Gasteiger partial charge >= 0.3 is 0 Å². The van der Waals surface area contributed by atoms with Crippen molar-refractivity contribution in [3.05, 3.63) is 112 Å². The Bertz CT molecular complexity index is 1400. The topological polar surface area (TPSA) is 90.3 Å². The number of rotatable bonds is 9. The monoisotopic (exact) mass is 508 g/mol. The second-order valence-corrected chi connectivity index (χ2v) is 10.2. The fourth-order valence-corrected chi connectivity index (χ4v) is 4.74. The van der Waals surface area contributed by atoms with E-state index in [2.05, 4.69) is 40.6 Å². The Labute approximate surface area is 223 Å². The first-order chi connectivity index (χ1) is 17.8. The molecule has 1 aromatic heterocycles. The van der Waals surface area contributed by atoms with Gasteiger partial charge in [-0.2, -0.15) is 25.5 Å². The molecule has 3 aromatic carbocycles. The Kier molecular flexibility index (Phi) is 8.04. The summed E-state index contributed by atoms with van der Waals surface area (Å²) < 4.78 is 0. The fraction of sp³-hybridized carbons (Fsp3) is 0.267. The van der Waals surface area contributed by atoms with Gasteiger partial charge in [-0.1, -0.05) is 48.0 Å². The minimum Gasteiger partial charge on any atom is -0.305 e. The largest absolute Gasteiger partial charge is 0.305 e. The van der Waals surface area contributed by atoms with Crippen molar-refractivity contribution in [3.63, 3.8) is 0 Å². The van der Waals surface area contributed by atoms with Crippen LogP contribution in [0, 0.1) is 28.1 Å². The van der Waals surface area contributed by atoms with E-state index in [0.717, 1.165) is 28.8 Å². The molecule has 0 amide bonds. The number of hydrogen-bond acceptors (Lipinski definition) is 5. The molecule has 186 valence electrons. The second-order valence-electron chi connectivity index (χ2n) is 9.81. The maximum absolute atomic E-state index is 10.1. The van der Waals surface area contributed by atoms with Crippen molar-refractivity contribution in [3.8, 4) is 17.8 Å². The molecule has 37 heavy (non-hydrogen) atoms. The van der Waals surface area contributed by atoms with Gasteiger partial charge in [-0.15, -0.1) is 0 Å². The smallest absolute Gasteiger partial charge is 0.0991 e. The van der Waals surface area contributed by atoms with E-state index in [1.54, 1.807) is 17.2 Å². The molecule has 7 heteroatoms. The lowest BCUT2D eigenvalue weighted by atomic mass is 9.79. The van der Waals surface area contributed by atoms with Crippen molar-refractivity contribution in [2.24, 2.45) is 5.41 Å². The molecule has 4 aromatic rings. The summed E-state index contributed by atoms with van der Waals surface area (Å²) in [7, 11) is 0. The van der Waals surface area contributed by atoms with Crippen LogP contribution in [0.3, 0.4) is 0 Å². The maximum atomic E-state index is 10.1. The summed E-state index contributed by atoms with van der Waals surface area (Å²) in [5, 5.41) is 32.4. The predicted molar refractivity (Wildman–Crippen MR) is 145 cm³/mol. The molecule has 3 atom stereocenters. The van der Waals surface area contributed by atoms with Gasteiger partial charge in [0, 0.05) is 17.0 Å². The number of benzene rings is 3. The molecule has 1 heterocycles. The Morgan fingerprint density at radius 3 is 2.24 bits per heavy atom.